The Bertz CT molecular complexity index is 404. The molecule has 2 heterocycles. The minimum Gasteiger partial charge on any atom is -0.325 e. The Hall–Kier alpha value is -1.20. The van der Waals surface area contributed by atoms with Gasteiger partial charge in [-0.05, 0) is 13.0 Å². The fourth-order valence-electron chi connectivity index (χ4n) is 1.13. The summed E-state index contributed by atoms with van der Waals surface area (Å²) < 4.78 is 0. The smallest absolute Gasteiger partial charge is 0.104 e. The fraction of sp³-hybridized carbons (Fsp3) is 0.250. The van der Waals surface area contributed by atoms with Crippen molar-refractivity contribution in [2.24, 2.45) is 5.73 Å². The molecule has 0 aliphatic heterocycles. The number of thiazole rings is 1. The van der Waals surface area contributed by atoms with Crippen LogP contribution in [0.15, 0.2) is 11.6 Å². The molecule has 0 spiro atoms. The second kappa shape index (κ2) is 3.27. The molecule has 0 saturated carbocycles. The van der Waals surface area contributed by atoms with Gasteiger partial charge in [0.25, 0.3) is 0 Å². The molecule has 0 aromatic carbocycles. The van der Waals surface area contributed by atoms with Crippen LogP contribution in [0.4, 0.5) is 0 Å². The number of aryl methyl sites for hydroxylation is 1. The Kier molecular flexibility index (Phi) is 2.12. The zero-order valence-electron chi connectivity index (χ0n) is 7.24. The van der Waals surface area contributed by atoms with Crippen LogP contribution in [0.5, 0.6) is 0 Å². The SMILES string of the molecule is Cc1ncsc1-c1cc(CN)[nH]n1. The summed E-state index contributed by atoms with van der Waals surface area (Å²) in [6.45, 7) is 2.47. The molecular weight excluding hydrogens is 184 g/mol. The van der Waals surface area contributed by atoms with E-state index in [9.17, 15) is 0 Å². The summed E-state index contributed by atoms with van der Waals surface area (Å²) in [5, 5.41) is 7.03. The third-order valence-corrected chi connectivity index (χ3v) is 2.78. The highest BCUT2D eigenvalue weighted by molar-refractivity contribution is 7.13. The highest BCUT2D eigenvalue weighted by Gasteiger charge is 2.07. The molecule has 2 aromatic heterocycles. The van der Waals surface area contributed by atoms with Crippen LogP contribution in [0.1, 0.15) is 11.4 Å². The molecule has 0 fully saturated rings. The van der Waals surface area contributed by atoms with Gasteiger partial charge in [0, 0.05) is 12.2 Å². The summed E-state index contributed by atoms with van der Waals surface area (Å²) in [5.74, 6) is 0. The first kappa shape index (κ1) is 8.40. The molecule has 2 aromatic rings. The van der Waals surface area contributed by atoms with Crippen LogP contribution in [0.3, 0.4) is 0 Å². The van der Waals surface area contributed by atoms with Gasteiger partial charge in [0.2, 0.25) is 0 Å². The van der Waals surface area contributed by atoms with Gasteiger partial charge in [-0.1, -0.05) is 0 Å². The van der Waals surface area contributed by atoms with E-state index in [0.29, 0.717) is 6.54 Å². The van der Waals surface area contributed by atoms with E-state index >= 15 is 0 Å². The van der Waals surface area contributed by atoms with Crippen molar-refractivity contribution in [1.29, 1.82) is 0 Å². The largest absolute Gasteiger partial charge is 0.325 e. The number of H-pyrrole nitrogens is 1. The van der Waals surface area contributed by atoms with E-state index < -0.39 is 0 Å². The predicted molar refractivity (Wildman–Crippen MR) is 52.3 cm³/mol. The lowest BCUT2D eigenvalue weighted by Crippen LogP contribution is -1.95. The molecule has 0 bridgehead atoms. The Labute approximate surface area is 79.8 Å². The molecule has 2 rings (SSSR count). The van der Waals surface area contributed by atoms with Crippen molar-refractivity contribution in [3.05, 3.63) is 23.0 Å². The zero-order valence-corrected chi connectivity index (χ0v) is 8.06. The standard InChI is InChI=1S/C8H10N4S/c1-5-8(13-4-10-5)7-2-6(3-9)11-12-7/h2,4H,3,9H2,1H3,(H,11,12). The highest BCUT2D eigenvalue weighted by Crippen LogP contribution is 2.25. The van der Waals surface area contributed by atoms with Gasteiger partial charge in [0.1, 0.15) is 5.69 Å². The van der Waals surface area contributed by atoms with E-state index in [1.807, 2.05) is 18.5 Å². The number of rotatable bonds is 2. The molecule has 0 amide bonds. The zero-order chi connectivity index (χ0) is 9.26. The first-order valence-electron chi connectivity index (χ1n) is 3.96. The van der Waals surface area contributed by atoms with Crippen molar-refractivity contribution in [2.45, 2.75) is 13.5 Å². The van der Waals surface area contributed by atoms with E-state index in [-0.39, 0.29) is 0 Å². The van der Waals surface area contributed by atoms with Crippen LogP contribution < -0.4 is 5.73 Å². The molecule has 0 aliphatic carbocycles. The van der Waals surface area contributed by atoms with Crippen LogP contribution in [-0.4, -0.2) is 15.2 Å². The van der Waals surface area contributed by atoms with E-state index in [2.05, 4.69) is 15.2 Å². The topological polar surface area (TPSA) is 67.6 Å². The summed E-state index contributed by atoms with van der Waals surface area (Å²) in [6, 6.07) is 1.96. The lowest BCUT2D eigenvalue weighted by Gasteiger charge is -1.89. The van der Waals surface area contributed by atoms with Crippen LogP contribution in [0, 0.1) is 6.92 Å². The average molecular weight is 194 g/mol. The summed E-state index contributed by atoms with van der Waals surface area (Å²) in [4.78, 5) is 5.27. The van der Waals surface area contributed by atoms with Crippen LogP contribution in [0.2, 0.25) is 0 Å². The van der Waals surface area contributed by atoms with Crippen molar-refractivity contribution in [2.75, 3.05) is 0 Å². The first-order chi connectivity index (χ1) is 6.31. The fourth-order valence-corrected chi connectivity index (χ4v) is 1.90. The first-order valence-corrected chi connectivity index (χ1v) is 4.84. The van der Waals surface area contributed by atoms with Crippen molar-refractivity contribution >= 4 is 11.3 Å². The summed E-state index contributed by atoms with van der Waals surface area (Å²) >= 11 is 1.59. The van der Waals surface area contributed by atoms with Crippen LogP contribution >= 0.6 is 11.3 Å². The van der Waals surface area contributed by atoms with E-state index in [4.69, 9.17) is 5.73 Å². The molecule has 5 heteroatoms. The summed E-state index contributed by atoms with van der Waals surface area (Å²) in [5.41, 5.74) is 10.2. The number of hydrogen-bond donors (Lipinski definition) is 2. The average Bonchev–Trinajstić information content (AvgIpc) is 2.71. The van der Waals surface area contributed by atoms with E-state index in [1.165, 1.54) is 0 Å². The molecule has 0 atom stereocenters. The third kappa shape index (κ3) is 1.48. The molecule has 0 saturated heterocycles. The van der Waals surface area contributed by atoms with Crippen LogP contribution in [0.25, 0.3) is 10.6 Å². The van der Waals surface area contributed by atoms with Gasteiger partial charge in [-0.3, -0.25) is 5.10 Å². The highest BCUT2D eigenvalue weighted by atomic mass is 32.1. The van der Waals surface area contributed by atoms with Gasteiger partial charge in [-0.25, -0.2) is 4.98 Å². The summed E-state index contributed by atoms with van der Waals surface area (Å²) in [6.07, 6.45) is 0. The number of aromatic amines is 1. The molecule has 0 radical (unpaired) electrons. The maximum atomic E-state index is 5.47. The number of nitrogens with zero attached hydrogens (tertiary/aromatic N) is 2. The summed E-state index contributed by atoms with van der Waals surface area (Å²) in [7, 11) is 0. The molecular formula is C8H10N4S. The molecule has 0 unspecified atom stereocenters. The minimum absolute atomic E-state index is 0.491. The second-order valence-electron chi connectivity index (χ2n) is 2.75. The van der Waals surface area contributed by atoms with Crippen LogP contribution in [-0.2, 0) is 6.54 Å². The molecule has 3 N–H and O–H groups in total. The quantitative estimate of drug-likeness (QED) is 0.757. The van der Waals surface area contributed by atoms with Gasteiger partial charge in [0.05, 0.1) is 16.1 Å². The van der Waals surface area contributed by atoms with Gasteiger partial charge in [0.15, 0.2) is 0 Å². The number of nitrogens with one attached hydrogen (secondary N) is 1. The van der Waals surface area contributed by atoms with Gasteiger partial charge in [-0.2, -0.15) is 5.10 Å². The Morgan fingerprint density at radius 1 is 1.62 bits per heavy atom. The van der Waals surface area contributed by atoms with E-state index in [1.54, 1.807) is 11.3 Å². The maximum absolute atomic E-state index is 5.47. The Balaban J connectivity index is 2.41. The van der Waals surface area contributed by atoms with Gasteiger partial charge >= 0.3 is 0 Å². The number of aromatic nitrogens is 3. The Morgan fingerprint density at radius 2 is 2.46 bits per heavy atom. The van der Waals surface area contributed by atoms with Crippen molar-refractivity contribution in [3.8, 4) is 10.6 Å². The van der Waals surface area contributed by atoms with Gasteiger partial charge < -0.3 is 5.73 Å². The lowest BCUT2D eigenvalue weighted by molar-refractivity contribution is 0.948. The predicted octanol–water partition coefficient (Wildman–Crippen LogP) is 1.30. The molecule has 4 nitrogen and oxygen atoms in total. The number of nitrogens with two attached hydrogens (primary N) is 1. The Morgan fingerprint density at radius 3 is 3.00 bits per heavy atom. The lowest BCUT2D eigenvalue weighted by atomic mass is 10.3. The normalized spacial score (nSPS) is 10.6. The monoisotopic (exact) mass is 194 g/mol. The molecule has 13 heavy (non-hydrogen) atoms. The maximum Gasteiger partial charge on any atom is 0.104 e. The number of hydrogen-bond acceptors (Lipinski definition) is 4. The van der Waals surface area contributed by atoms with Gasteiger partial charge in [-0.15, -0.1) is 11.3 Å². The second-order valence-corrected chi connectivity index (χ2v) is 3.60. The minimum atomic E-state index is 0.491. The van der Waals surface area contributed by atoms with Crippen molar-refractivity contribution in [1.82, 2.24) is 15.2 Å². The van der Waals surface area contributed by atoms with Crippen molar-refractivity contribution in [3.63, 3.8) is 0 Å². The van der Waals surface area contributed by atoms with Crippen molar-refractivity contribution < 1.29 is 0 Å². The molecule has 0 aliphatic rings. The van der Waals surface area contributed by atoms with E-state index in [0.717, 1.165) is 22.0 Å². The third-order valence-electron chi connectivity index (χ3n) is 1.83. The molecule has 68 valence electrons.